The summed E-state index contributed by atoms with van der Waals surface area (Å²) < 4.78 is 9.18. The van der Waals surface area contributed by atoms with Crippen molar-refractivity contribution in [1.82, 2.24) is 0 Å². The molecule has 0 aromatic rings. The van der Waals surface area contributed by atoms with E-state index in [0.717, 1.165) is 6.26 Å². The van der Waals surface area contributed by atoms with Crippen molar-refractivity contribution in [2.75, 3.05) is 13.2 Å². The van der Waals surface area contributed by atoms with Crippen molar-refractivity contribution in [2.24, 2.45) is 0 Å². The molecule has 0 aliphatic carbocycles. The molecule has 0 rings (SSSR count). The summed E-state index contributed by atoms with van der Waals surface area (Å²) in [5, 5.41) is 8.40. The second-order valence-corrected chi connectivity index (χ2v) is 2.85. The monoisotopic (exact) mass is 214 g/mol. The van der Waals surface area contributed by atoms with E-state index in [-0.39, 0.29) is 24.4 Å². The van der Waals surface area contributed by atoms with Crippen molar-refractivity contribution in [2.45, 2.75) is 13.8 Å². The Hall–Kier alpha value is -1.62. The van der Waals surface area contributed by atoms with Gasteiger partial charge in [0.2, 0.25) is 0 Å². The first kappa shape index (κ1) is 13.4. The molecule has 0 atom stereocenters. The van der Waals surface area contributed by atoms with Gasteiger partial charge in [0.1, 0.15) is 6.61 Å². The molecule has 0 amide bonds. The Morgan fingerprint density at radius 3 is 2.40 bits per heavy atom. The van der Waals surface area contributed by atoms with E-state index in [1.165, 1.54) is 13.8 Å². The molecular weight excluding hydrogens is 200 g/mol. The molecule has 0 saturated carbocycles. The average molecular weight is 214 g/mol. The molecule has 0 saturated heterocycles. The molecule has 0 bridgehead atoms. The van der Waals surface area contributed by atoms with Crippen LogP contribution in [0.3, 0.4) is 0 Å². The average Bonchev–Trinajstić information content (AvgIpc) is 2.17. The molecule has 84 valence electrons. The van der Waals surface area contributed by atoms with E-state index in [9.17, 15) is 9.59 Å². The van der Waals surface area contributed by atoms with Gasteiger partial charge in [0, 0.05) is 5.57 Å². The second-order valence-electron chi connectivity index (χ2n) is 2.85. The third-order valence-corrected chi connectivity index (χ3v) is 1.33. The standard InChI is InChI=1S/C10H14O5/c1-7(2)9(12)15-10(13)8(3)6-14-5-4-11/h6,11H,1,4-5H2,2-3H3. The zero-order valence-corrected chi connectivity index (χ0v) is 8.78. The number of hydrogen-bond donors (Lipinski definition) is 1. The Labute approximate surface area is 88.0 Å². The summed E-state index contributed by atoms with van der Waals surface area (Å²) in [5.74, 6) is -1.56. The number of hydrogen-bond acceptors (Lipinski definition) is 5. The molecule has 5 nitrogen and oxygen atoms in total. The first-order valence-electron chi connectivity index (χ1n) is 4.30. The van der Waals surface area contributed by atoms with Crippen molar-refractivity contribution < 1.29 is 24.2 Å². The summed E-state index contributed by atoms with van der Waals surface area (Å²) in [7, 11) is 0. The Balaban J connectivity index is 4.15. The minimum atomic E-state index is -0.791. The molecule has 0 aliphatic rings. The lowest BCUT2D eigenvalue weighted by atomic mass is 10.3. The van der Waals surface area contributed by atoms with Gasteiger partial charge in [0.05, 0.1) is 18.4 Å². The molecule has 1 N–H and O–H groups in total. The molecule has 0 aliphatic heterocycles. The fourth-order valence-corrected chi connectivity index (χ4v) is 0.537. The number of carbonyl (C=O) groups is 2. The highest BCUT2D eigenvalue weighted by atomic mass is 16.6. The molecule has 0 aromatic carbocycles. The predicted molar refractivity (Wildman–Crippen MR) is 52.7 cm³/mol. The van der Waals surface area contributed by atoms with Gasteiger partial charge in [-0.2, -0.15) is 0 Å². The third kappa shape index (κ3) is 5.64. The molecule has 0 radical (unpaired) electrons. The molecule has 0 aromatic heterocycles. The van der Waals surface area contributed by atoms with Crippen LogP contribution in [-0.4, -0.2) is 30.3 Å². The maximum Gasteiger partial charge on any atom is 0.344 e. The van der Waals surface area contributed by atoms with Crippen molar-refractivity contribution in [3.63, 3.8) is 0 Å². The van der Waals surface area contributed by atoms with Crippen LogP contribution in [0.25, 0.3) is 0 Å². The summed E-state index contributed by atoms with van der Waals surface area (Å²) in [6, 6.07) is 0. The number of aliphatic hydroxyl groups excluding tert-OH is 1. The normalized spacial score (nSPS) is 10.7. The number of ether oxygens (including phenoxy) is 2. The van der Waals surface area contributed by atoms with Crippen LogP contribution in [-0.2, 0) is 19.1 Å². The molecule has 0 fully saturated rings. The van der Waals surface area contributed by atoms with Gasteiger partial charge in [-0.15, -0.1) is 0 Å². The summed E-state index contributed by atoms with van der Waals surface area (Å²) in [6.45, 7) is 6.14. The van der Waals surface area contributed by atoms with E-state index in [0.29, 0.717) is 0 Å². The first-order chi connectivity index (χ1) is 6.99. The molecular formula is C10H14O5. The van der Waals surface area contributed by atoms with Gasteiger partial charge in [-0.05, 0) is 13.8 Å². The number of rotatable bonds is 5. The van der Waals surface area contributed by atoms with Crippen molar-refractivity contribution in [3.05, 3.63) is 24.0 Å². The highest BCUT2D eigenvalue weighted by molar-refractivity contribution is 6.00. The highest BCUT2D eigenvalue weighted by Gasteiger charge is 2.12. The van der Waals surface area contributed by atoms with Crippen LogP contribution in [0.15, 0.2) is 24.0 Å². The van der Waals surface area contributed by atoms with Crippen LogP contribution in [0, 0.1) is 0 Å². The van der Waals surface area contributed by atoms with Crippen LogP contribution in [0.4, 0.5) is 0 Å². The Kier molecular flexibility index (Phi) is 6.05. The lowest BCUT2D eigenvalue weighted by molar-refractivity contribution is -0.154. The Morgan fingerprint density at radius 1 is 1.33 bits per heavy atom. The van der Waals surface area contributed by atoms with Gasteiger partial charge < -0.3 is 14.6 Å². The van der Waals surface area contributed by atoms with Crippen LogP contribution in [0.5, 0.6) is 0 Å². The van der Waals surface area contributed by atoms with E-state index >= 15 is 0 Å². The molecule has 0 heterocycles. The van der Waals surface area contributed by atoms with Crippen LogP contribution < -0.4 is 0 Å². The molecule has 15 heavy (non-hydrogen) atoms. The smallest absolute Gasteiger partial charge is 0.344 e. The molecule has 0 spiro atoms. The van der Waals surface area contributed by atoms with Crippen LogP contribution in [0.1, 0.15) is 13.8 Å². The van der Waals surface area contributed by atoms with Gasteiger partial charge in [0.15, 0.2) is 0 Å². The van der Waals surface area contributed by atoms with E-state index in [1.807, 2.05) is 0 Å². The van der Waals surface area contributed by atoms with Crippen LogP contribution in [0.2, 0.25) is 0 Å². The topological polar surface area (TPSA) is 72.8 Å². The number of esters is 2. The fourth-order valence-electron chi connectivity index (χ4n) is 0.537. The third-order valence-electron chi connectivity index (χ3n) is 1.33. The summed E-state index contributed by atoms with van der Waals surface area (Å²) in [5.41, 5.74) is 0.283. The summed E-state index contributed by atoms with van der Waals surface area (Å²) in [4.78, 5) is 22.1. The van der Waals surface area contributed by atoms with Gasteiger partial charge >= 0.3 is 11.9 Å². The van der Waals surface area contributed by atoms with E-state index in [1.54, 1.807) is 0 Å². The van der Waals surface area contributed by atoms with Gasteiger partial charge in [-0.3, -0.25) is 0 Å². The Morgan fingerprint density at radius 2 is 1.93 bits per heavy atom. The lowest BCUT2D eigenvalue weighted by Gasteiger charge is -2.02. The zero-order valence-electron chi connectivity index (χ0n) is 8.78. The number of aliphatic hydroxyl groups is 1. The minimum Gasteiger partial charge on any atom is -0.498 e. The molecule has 5 heteroatoms. The van der Waals surface area contributed by atoms with E-state index in [4.69, 9.17) is 9.84 Å². The van der Waals surface area contributed by atoms with Gasteiger partial charge in [0.25, 0.3) is 0 Å². The quantitative estimate of drug-likeness (QED) is 0.238. The second kappa shape index (κ2) is 6.78. The molecule has 0 unspecified atom stereocenters. The van der Waals surface area contributed by atoms with E-state index in [2.05, 4.69) is 11.3 Å². The Bertz CT molecular complexity index is 290. The van der Waals surface area contributed by atoms with E-state index < -0.39 is 11.9 Å². The van der Waals surface area contributed by atoms with Crippen molar-refractivity contribution >= 4 is 11.9 Å². The largest absolute Gasteiger partial charge is 0.498 e. The maximum atomic E-state index is 11.2. The maximum absolute atomic E-state index is 11.2. The zero-order chi connectivity index (χ0) is 11.8. The van der Waals surface area contributed by atoms with Crippen molar-refractivity contribution in [3.8, 4) is 0 Å². The lowest BCUT2D eigenvalue weighted by Crippen LogP contribution is -2.13. The predicted octanol–water partition coefficient (Wildman–Crippen LogP) is 0.545. The van der Waals surface area contributed by atoms with Crippen molar-refractivity contribution in [1.29, 1.82) is 0 Å². The minimum absolute atomic E-state index is 0.0824. The highest BCUT2D eigenvalue weighted by Crippen LogP contribution is 2.00. The fraction of sp³-hybridized carbons (Fsp3) is 0.400. The SMILES string of the molecule is C=C(C)C(=O)OC(=O)C(C)=COCCO. The summed E-state index contributed by atoms with van der Waals surface area (Å²) >= 11 is 0. The summed E-state index contributed by atoms with van der Waals surface area (Å²) in [6.07, 6.45) is 1.13. The van der Waals surface area contributed by atoms with Gasteiger partial charge in [-0.25, -0.2) is 9.59 Å². The van der Waals surface area contributed by atoms with Gasteiger partial charge in [-0.1, -0.05) is 6.58 Å². The number of carbonyl (C=O) groups excluding carboxylic acids is 2. The first-order valence-corrected chi connectivity index (χ1v) is 4.30. The van der Waals surface area contributed by atoms with Crippen LogP contribution >= 0.6 is 0 Å².